The summed E-state index contributed by atoms with van der Waals surface area (Å²) in [5.41, 5.74) is 1.05. The fourth-order valence-corrected chi connectivity index (χ4v) is 1.97. The number of hydrogen-bond acceptors (Lipinski definition) is 2. The van der Waals surface area contributed by atoms with Crippen LogP contribution in [0.15, 0.2) is 28.7 Å². The maximum atomic E-state index is 11.9. The predicted octanol–water partition coefficient (Wildman–Crippen LogP) is 2.51. The first kappa shape index (κ1) is 17.5. The van der Waals surface area contributed by atoms with E-state index in [-0.39, 0.29) is 11.9 Å². The van der Waals surface area contributed by atoms with Crippen molar-refractivity contribution < 1.29 is 9.59 Å². The average molecular weight is 356 g/mol. The van der Waals surface area contributed by atoms with Crippen LogP contribution in [0.1, 0.15) is 25.3 Å². The minimum Gasteiger partial charge on any atom is -0.356 e. The highest BCUT2D eigenvalue weighted by Crippen LogP contribution is 2.11. The Morgan fingerprint density at radius 1 is 1.14 bits per heavy atom. The number of carbonyl (C=O) groups excluding carboxylic acids is 2. The van der Waals surface area contributed by atoms with Crippen LogP contribution in [0, 0.1) is 0 Å². The van der Waals surface area contributed by atoms with Crippen LogP contribution >= 0.6 is 15.9 Å². The highest BCUT2D eigenvalue weighted by atomic mass is 79.9. The zero-order chi connectivity index (χ0) is 15.7. The molecule has 0 aliphatic carbocycles. The van der Waals surface area contributed by atoms with Gasteiger partial charge in [-0.2, -0.15) is 0 Å². The Morgan fingerprint density at radius 3 is 2.43 bits per heavy atom. The summed E-state index contributed by atoms with van der Waals surface area (Å²) in [5, 5.41) is 5.51. The molecule has 1 aromatic carbocycles. The molecule has 0 fully saturated rings. The lowest BCUT2D eigenvalue weighted by Crippen LogP contribution is -2.38. The standard InChI is InChI=1S/C15H22BrN3O2/c1-3-9-17-14(20)8-10-18-15(21)19(2)11-12-4-6-13(16)7-5-12/h4-7H,3,8-11H2,1-2H3,(H,17,20)(H,18,21). The van der Waals surface area contributed by atoms with Crippen molar-refractivity contribution in [2.45, 2.75) is 26.3 Å². The lowest BCUT2D eigenvalue weighted by molar-refractivity contribution is -0.120. The Labute approximate surface area is 134 Å². The van der Waals surface area contributed by atoms with E-state index in [2.05, 4.69) is 26.6 Å². The molecule has 0 atom stereocenters. The molecule has 0 aliphatic rings. The van der Waals surface area contributed by atoms with Crippen molar-refractivity contribution >= 4 is 27.9 Å². The summed E-state index contributed by atoms with van der Waals surface area (Å²) < 4.78 is 1.01. The molecule has 1 rings (SSSR count). The van der Waals surface area contributed by atoms with Crippen LogP contribution in [-0.4, -0.2) is 37.0 Å². The Kier molecular flexibility index (Phi) is 7.82. The van der Waals surface area contributed by atoms with Crippen molar-refractivity contribution in [2.75, 3.05) is 20.1 Å². The quantitative estimate of drug-likeness (QED) is 0.789. The maximum absolute atomic E-state index is 11.9. The van der Waals surface area contributed by atoms with Crippen LogP contribution in [0.4, 0.5) is 4.79 Å². The second-order valence-electron chi connectivity index (χ2n) is 4.81. The summed E-state index contributed by atoms with van der Waals surface area (Å²) in [6.07, 6.45) is 1.21. The molecule has 0 unspecified atom stereocenters. The number of rotatable bonds is 7. The van der Waals surface area contributed by atoms with Crippen LogP contribution < -0.4 is 10.6 Å². The third-order valence-electron chi connectivity index (χ3n) is 2.88. The zero-order valence-corrected chi connectivity index (χ0v) is 14.1. The highest BCUT2D eigenvalue weighted by molar-refractivity contribution is 9.10. The molecule has 5 nitrogen and oxygen atoms in total. The van der Waals surface area contributed by atoms with Gasteiger partial charge in [0, 0.05) is 37.6 Å². The number of benzene rings is 1. The van der Waals surface area contributed by atoms with Gasteiger partial charge in [0.25, 0.3) is 0 Å². The molecule has 0 aliphatic heterocycles. The molecular formula is C15H22BrN3O2. The maximum Gasteiger partial charge on any atom is 0.317 e. The number of carbonyl (C=O) groups is 2. The molecule has 0 saturated heterocycles. The van der Waals surface area contributed by atoms with Gasteiger partial charge >= 0.3 is 6.03 Å². The number of hydrogen-bond donors (Lipinski definition) is 2. The molecule has 116 valence electrons. The molecule has 0 aromatic heterocycles. The van der Waals surface area contributed by atoms with E-state index in [0.29, 0.717) is 26.1 Å². The number of halogens is 1. The van der Waals surface area contributed by atoms with Crippen molar-refractivity contribution in [3.05, 3.63) is 34.3 Å². The summed E-state index contributed by atoms with van der Waals surface area (Å²) in [7, 11) is 1.73. The smallest absolute Gasteiger partial charge is 0.317 e. The first-order valence-corrected chi connectivity index (χ1v) is 7.82. The monoisotopic (exact) mass is 355 g/mol. The second-order valence-corrected chi connectivity index (χ2v) is 5.73. The summed E-state index contributed by atoms with van der Waals surface area (Å²) in [6.45, 7) is 3.55. The number of nitrogens with zero attached hydrogens (tertiary/aromatic N) is 1. The number of nitrogens with one attached hydrogen (secondary N) is 2. The van der Waals surface area contributed by atoms with E-state index >= 15 is 0 Å². The number of urea groups is 1. The van der Waals surface area contributed by atoms with E-state index in [0.717, 1.165) is 16.5 Å². The Hall–Kier alpha value is -1.56. The van der Waals surface area contributed by atoms with Gasteiger partial charge in [-0.05, 0) is 24.1 Å². The fraction of sp³-hybridized carbons (Fsp3) is 0.467. The summed E-state index contributed by atoms with van der Waals surface area (Å²) in [4.78, 5) is 24.9. The van der Waals surface area contributed by atoms with Gasteiger partial charge < -0.3 is 15.5 Å². The highest BCUT2D eigenvalue weighted by Gasteiger charge is 2.09. The van der Waals surface area contributed by atoms with Gasteiger partial charge in [0.05, 0.1) is 0 Å². The lowest BCUT2D eigenvalue weighted by Gasteiger charge is -2.18. The summed E-state index contributed by atoms with van der Waals surface area (Å²) in [6, 6.07) is 7.64. The molecule has 0 radical (unpaired) electrons. The Morgan fingerprint density at radius 2 is 1.81 bits per heavy atom. The minimum absolute atomic E-state index is 0.0345. The summed E-state index contributed by atoms with van der Waals surface area (Å²) >= 11 is 3.38. The molecule has 0 spiro atoms. The zero-order valence-electron chi connectivity index (χ0n) is 12.5. The third kappa shape index (κ3) is 7.13. The van der Waals surface area contributed by atoms with E-state index in [1.807, 2.05) is 31.2 Å². The fourth-order valence-electron chi connectivity index (χ4n) is 1.71. The van der Waals surface area contributed by atoms with E-state index in [9.17, 15) is 9.59 Å². The Balaban J connectivity index is 2.28. The van der Waals surface area contributed by atoms with Crippen molar-refractivity contribution in [2.24, 2.45) is 0 Å². The lowest BCUT2D eigenvalue weighted by atomic mass is 10.2. The van der Waals surface area contributed by atoms with Crippen molar-refractivity contribution in [1.82, 2.24) is 15.5 Å². The van der Waals surface area contributed by atoms with Gasteiger partial charge in [0.2, 0.25) is 5.91 Å². The topological polar surface area (TPSA) is 61.4 Å². The molecule has 0 heterocycles. The van der Waals surface area contributed by atoms with Gasteiger partial charge in [-0.3, -0.25) is 4.79 Å². The van der Waals surface area contributed by atoms with Gasteiger partial charge in [0.15, 0.2) is 0 Å². The molecule has 2 N–H and O–H groups in total. The third-order valence-corrected chi connectivity index (χ3v) is 3.41. The van der Waals surface area contributed by atoms with E-state index in [4.69, 9.17) is 0 Å². The summed E-state index contributed by atoms with van der Waals surface area (Å²) in [5.74, 6) is -0.0345. The molecule has 21 heavy (non-hydrogen) atoms. The van der Waals surface area contributed by atoms with E-state index in [1.54, 1.807) is 11.9 Å². The van der Waals surface area contributed by atoms with Gasteiger partial charge in [-0.1, -0.05) is 35.0 Å². The Bertz CT molecular complexity index is 462. The van der Waals surface area contributed by atoms with Crippen molar-refractivity contribution in [3.8, 4) is 0 Å². The minimum atomic E-state index is -0.179. The molecular weight excluding hydrogens is 334 g/mol. The van der Waals surface area contributed by atoms with Crippen LogP contribution in [0.25, 0.3) is 0 Å². The number of amides is 3. The van der Waals surface area contributed by atoms with Crippen LogP contribution in [0.2, 0.25) is 0 Å². The van der Waals surface area contributed by atoms with Gasteiger partial charge in [-0.15, -0.1) is 0 Å². The molecule has 6 heteroatoms. The molecule has 0 saturated carbocycles. The van der Waals surface area contributed by atoms with E-state index < -0.39 is 0 Å². The van der Waals surface area contributed by atoms with Crippen LogP contribution in [0.5, 0.6) is 0 Å². The predicted molar refractivity (Wildman–Crippen MR) is 86.9 cm³/mol. The SMILES string of the molecule is CCCNC(=O)CCNC(=O)N(C)Cc1ccc(Br)cc1. The second kappa shape index (κ2) is 9.39. The normalized spacial score (nSPS) is 10.0. The van der Waals surface area contributed by atoms with Crippen molar-refractivity contribution in [3.63, 3.8) is 0 Å². The van der Waals surface area contributed by atoms with E-state index in [1.165, 1.54) is 0 Å². The van der Waals surface area contributed by atoms with Gasteiger partial charge in [-0.25, -0.2) is 4.79 Å². The molecule has 3 amide bonds. The van der Waals surface area contributed by atoms with Crippen LogP contribution in [-0.2, 0) is 11.3 Å². The molecule has 1 aromatic rings. The average Bonchev–Trinajstić information content (AvgIpc) is 2.47. The molecule has 0 bridgehead atoms. The van der Waals surface area contributed by atoms with Gasteiger partial charge in [0.1, 0.15) is 0 Å². The van der Waals surface area contributed by atoms with Crippen LogP contribution in [0.3, 0.4) is 0 Å². The largest absolute Gasteiger partial charge is 0.356 e. The first-order valence-electron chi connectivity index (χ1n) is 7.03. The van der Waals surface area contributed by atoms with Crippen molar-refractivity contribution in [1.29, 1.82) is 0 Å². The first-order chi connectivity index (χ1) is 10.0.